The van der Waals surface area contributed by atoms with Crippen molar-refractivity contribution in [1.29, 1.82) is 0 Å². The zero-order valence-corrected chi connectivity index (χ0v) is 13.2. The van der Waals surface area contributed by atoms with E-state index in [-0.39, 0.29) is 6.61 Å². The van der Waals surface area contributed by atoms with Crippen molar-refractivity contribution in [2.45, 2.75) is 39.8 Å². The molecule has 6 heteroatoms. The monoisotopic (exact) mass is 298 g/mol. The summed E-state index contributed by atoms with van der Waals surface area (Å²) in [6, 6.07) is 0.384. The summed E-state index contributed by atoms with van der Waals surface area (Å²) >= 11 is 1.26. The highest BCUT2D eigenvalue weighted by atomic mass is 32.1. The van der Waals surface area contributed by atoms with Crippen molar-refractivity contribution in [3.05, 3.63) is 10.6 Å². The number of carboxylic acid groups (broad SMARTS) is 1. The smallest absolute Gasteiger partial charge is 0.347 e. The summed E-state index contributed by atoms with van der Waals surface area (Å²) in [7, 11) is 1.55. The lowest BCUT2D eigenvalue weighted by molar-refractivity contribution is 0.0697. The van der Waals surface area contributed by atoms with Gasteiger partial charge in [-0.25, -0.2) is 9.78 Å². The molecule has 0 aromatic carbocycles. The van der Waals surface area contributed by atoms with Gasteiger partial charge < -0.3 is 14.7 Å². The first-order valence-corrected chi connectivity index (χ1v) is 7.74. The predicted molar refractivity (Wildman–Crippen MR) is 79.5 cm³/mol. The third-order valence-electron chi connectivity index (χ3n) is 4.00. The van der Waals surface area contributed by atoms with E-state index in [1.54, 1.807) is 7.11 Å². The molecule has 1 aromatic rings. The fraction of sp³-hybridized carbons (Fsp3) is 0.714. The zero-order valence-electron chi connectivity index (χ0n) is 12.4. The molecular weight excluding hydrogens is 276 g/mol. The molecule has 1 fully saturated rings. The lowest BCUT2D eigenvalue weighted by Gasteiger charge is -2.41. The number of ether oxygens (including phenoxy) is 1. The molecule has 1 N–H and O–H groups in total. The first kappa shape index (κ1) is 15.3. The third kappa shape index (κ3) is 2.96. The fourth-order valence-corrected chi connectivity index (χ4v) is 3.84. The maximum absolute atomic E-state index is 11.3. The summed E-state index contributed by atoms with van der Waals surface area (Å²) in [6.45, 7) is 7.84. The standard InChI is InChI=1S/C14H22N2O3S/c1-8-5-9(2)10(3)16(6-8)14-15-11(7-19-4)12(20-14)13(17)18/h8-10H,5-7H2,1-4H3,(H,17,18). The Labute approximate surface area is 123 Å². The van der Waals surface area contributed by atoms with Crippen LogP contribution >= 0.6 is 11.3 Å². The van der Waals surface area contributed by atoms with Crippen LogP contribution in [0.2, 0.25) is 0 Å². The Morgan fingerprint density at radius 3 is 2.80 bits per heavy atom. The van der Waals surface area contributed by atoms with Crippen molar-refractivity contribution in [3.63, 3.8) is 0 Å². The molecule has 0 spiro atoms. The number of thiazole rings is 1. The summed E-state index contributed by atoms with van der Waals surface area (Å²) in [4.78, 5) is 18.3. The van der Waals surface area contributed by atoms with E-state index in [9.17, 15) is 9.90 Å². The highest BCUT2D eigenvalue weighted by Crippen LogP contribution is 2.35. The molecule has 1 saturated heterocycles. The topological polar surface area (TPSA) is 62.7 Å². The van der Waals surface area contributed by atoms with Crippen LogP contribution < -0.4 is 4.90 Å². The molecule has 3 unspecified atom stereocenters. The summed E-state index contributed by atoms with van der Waals surface area (Å²) in [5, 5.41) is 10.1. The number of carboxylic acids is 1. The van der Waals surface area contributed by atoms with Gasteiger partial charge in [-0.1, -0.05) is 25.2 Å². The zero-order chi connectivity index (χ0) is 14.9. The first-order valence-electron chi connectivity index (χ1n) is 6.92. The molecule has 1 aromatic heterocycles. The lowest BCUT2D eigenvalue weighted by Crippen LogP contribution is -2.45. The van der Waals surface area contributed by atoms with Crippen molar-refractivity contribution in [3.8, 4) is 0 Å². The number of aromatic nitrogens is 1. The second kappa shape index (κ2) is 6.10. The van der Waals surface area contributed by atoms with Crippen molar-refractivity contribution in [2.75, 3.05) is 18.6 Å². The maximum atomic E-state index is 11.3. The molecule has 0 bridgehead atoms. The number of carbonyl (C=O) groups is 1. The van der Waals surface area contributed by atoms with Crippen LogP contribution in [0.25, 0.3) is 0 Å². The number of hydrogen-bond donors (Lipinski definition) is 1. The second-order valence-corrected chi connectivity index (χ2v) is 6.70. The number of piperidine rings is 1. The molecule has 3 atom stereocenters. The Morgan fingerprint density at radius 1 is 1.50 bits per heavy atom. The Morgan fingerprint density at radius 2 is 2.20 bits per heavy atom. The fourth-order valence-electron chi connectivity index (χ4n) is 2.83. The largest absolute Gasteiger partial charge is 0.477 e. The maximum Gasteiger partial charge on any atom is 0.347 e. The Balaban J connectivity index is 2.31. The Kier molecular flexibility index (Phi) is 4.65. The Bertz CT molecular complexity index is 489. The first-order chi connectivity index (χ1) is 9.43. The van der Waals surface area contributed by atoms with E-state index in [1.165, 1.54) is 17.8 Å². The van der Waals surface area contributed by atoms with E-state index in [0.29, 0.717) is 28.4 Å². The van der Waals surface area contributed by atoms with Gasteiger partial charge in [0.15, 0.2) is 5.13 Å². The second-order valence-electron chi connectivity index (χ2n) is 5.72. The molecule has 20 heavy (non-hydrogen) atoms. The Hall–Kier alpha value is -1.14. The molecule has 1 aliphatic rings. The van der Waals surface area contributed by atoms with E-state index in [0.717, 1.165) is 11.7 Å². The molecule has 112 valence electrons. The number of rotatable bonds is 4. The lowest BCUT2D eigenvalue weighted by atomic mass is 9.86. The van der Waals surface area contributed by atoms with E-state index in [2.05, 4.69) is 30.7 Å². The predicted octanol–water partition coefficient (Wildman–Crippen LogP) is 2.86. The van der Waals surface area contributed by atoms with Gasteiger partial charge in [-0.3, -0.25) is 0 Å². The van der Waals surface area contributed by atoms with Crippen LogP contribution in [0.15, 0.2) is 0 Å². The van der Waals surface area contributed by atoms with Gasteiger partial charge >= 0.3 is 5.97 Å². The van der Waals surface area contributed by atoms with Crippen molar-refractivity contribution in [2.24, 2.45) is 11.8 Å². The molecule has 0 aliphatic carbocycles. The van der Waals surface area contributed by atoms with Gasteiger partial charge in [-0.05, 0) is 25.2 Å². The molecule has 1 aliphatic heterocycles. The molecular formula is C14H22N2O3S. The van der Waals surface area contributed by atoms with Gasteiger partial charge in [-0.2, -0.15) is 0 Å². The van der Waals surface area contributed by atoms with Gasteiger partial charge in [0.25, 0.3) is 0 Å². The summed E-state index contributed by atoms with van der Waals surface area (Å²) < 4.78 is 5.05. The summed E-state index contributed by atoms with van der Waals surface area (Å²) in [5.74, 6) is 0.262. The van der Waals surface area contributed by atoms with Crippen LogP contribution in [0.5, 0.6) is 0 Å². The van der Waals surface area contributed by atoms with Crippen LogP contribution in [0, 0.1) is 11.8 Å². The normalized spacial score (nSPS) is 26.8. The molecule has 0 radical (unpaired) electrons. The van der Waals surface area contributed by atoms with Crippen LogP contribution in [-0.2, 0) is 11.3 Å². The molecule has 0 amide bonds. The van der Waals surface area contributed by atoms with E-state index in [1.807, 2.05) is 0 Å². The number of aromatic carboxylic acids is 1. The average Bonchev–Trinajstić information content (AvgIpc) is 2.78. The van der Waals surface area contributed by atoms with E-state index >= 15 is 0 Å². The highest BCUT2D eigenvalue weighted by Gasteiger charge is 2.31. The van der Waals surface area contributed by atoms with Gasteiger partial charge in [0, 0.05) is 19.7 Å². The van der Waals surface area contributed by atoms with E-state index in [4.69, 9.17) is 4.74 Å². The minimum atomic E-state index is -0.924. The van der Waals surface area contributed by atoms with Gasteiger partial charge in [0.2, 0.25) is 0 Å². The van der Waals surface area contributed by atoms with Crippen LogP contribution in [0.3, 0.4) is 0 Å². The van der Waals surface area contributed by atoms with Crippen molar-refractivity contribution in [1.82, 2.24) is 4.98 Å². The van der Waals surface area contributed by atoms with Crippen LogP contribution in [0.4, 0.5) is 5.13 Å². The molecule has 2 heterocycles. The number of anilines is 1. The van der Waals surface area contributed by atoms with Gasteiger partial charge in [-0.15, -0.1) is 0 Å². The third-order valence-corrected chi connectivity index (χ3v) is 5.13. The highest BCUT2D eigenvalue weighted by molar-refractivity contribution is 7.17. The molecule has 5 nitrogen and oxygen atoms in total. The average molecular weight is 298 g/mol. The summed E-state index contributed by atoms with van der Waals surface area (Å²) in [6.07, 6.45) is 1.21. The minimum absolute atomic E-state index is 0.242. The van der Waals surface area contributed by atoms with Crippen LogP contribution in [0.1, 0.15) is 42.6 Å². The molecule has 2 rings (SSSR count). The number of methoxy groups -OCH3 is 1. The SMILES string of the molecule is COCc1nc(N2CC(C)CC(C)C2C)sc1C(=O)O. The number of hydrogen-bond acceptors (Lipinski definition) is 5. The van der Waals surface area contributed by atoms with Crippen LogP contribution in [-0.4, -0.2) is 35.8 Å². The quantitative estimate of drug-likeness (QED) is 0.926. The number of nitrogens with zero attached hydrogens (tertiary/aromatic N) is 2. The van der Waals surface area contributed by atoms with Crippen molar-refractivity contribution < 1.29 is 14.6 Å². The minimum Gasteiger partial charge on any atom is -0.477 e. The molecule has 0 saturated carbocycles. The van der Waals surface area contributed by atoms with Gasteiger partial charge in [0.05, 0.1) is 12.3 Å². The van der Waals surface area contributed by atoms with Crippen molar-refractivity contribution >= 4 is 22.4 Å². The summed E-state index contributed by atoms with van der Waals surface area (Å²) in [5.41, 5.74) is 0.526. The van der Waals surface area contributed by atoms with Gasteiger partial charge in [0.1, 0.15) is 4.88 Å². The van der Waals surface area contributed by atoms with E-state index < -0.39 is 5.97 Å².